The van der Waals surface area contributed by atoms with Crippen molar-refractivity contribution >= 4 is 21.6 Å². The average Bonchev–Trinajstić information content (AvgIpc) is 3.37. The molecule has 4 aliphatic rings. The van der Waals surface area contributed by atoms with E-state index in [9.17, 15) is 0 Å². The Kier molecular flexibility index (Phi) is 6.41. The van der Waals surface area contributed by atoms with Crippen LogP contribution in [0.3, 0.4) is 0 Å². The van der Waals surface area contributed by atoms with Gasteiger partial charge < -0.3 is 19.0 Å². The standard InChI is InChI=1S/C27H31BrN4O2/c28-22-7-8-24-25(17-22)32-13-9-23(10-14-32)33-15-3-12-31-11-2-6-21(18-31)19-4-1-5-20(16-19)26-29-30-27(24)34-26/h1,4-5,7-8,16-17,21,23H,2-3,6,9-15,18H2. The fourth-order valence-electron chi connectivity index (χ4n) is 5.65. The van der Waals surface area contributed by atoms with E-state index >= 15 is 0 Å². The third-order valence-electron chi connectivity index (χ3n) is 7.48. The molecule has 3 aromatic rings. The van der Waals surface area contributed by atoms with Gasteiger partial charge in [0.05, 0.1) is 17.4 Å². The largest absolute Gasteiger partial charge is 0.416 e. The van der Waals surface area contributed by atoms with Crippen LogP contribution >= 0.6 is 15.9 Å². The van der Waals surface area contributed by atoms with Gasteiger partial charge in [-0.05, 0) is 80.5 Å². The van der Waals surface area contributed by atoms with Crippen molar-refractivity contribution in [3.05, 3.63) is 52.5 Å². The molecule has 4 aliphatic heterocycles. The van der Waals surface area contributed by atoms with Crippen molar-refractivity contribution in [3.8, 4) is 22.9 Å². The van der Waals surface area contributed by atoms with Gasteiger partial charge in [-0.15, -0.1) is 10.2 Å². The van der Waals surface area contributed by atoms with Crippen LogP contribution in [0.2, 0.25) is 0 Å². The van der Waals surface area contributed by atoms with Gasteiger partial charge in [0.1, 0.15) is 0 Å². The van der Waals surface area contributed by atoms with Gasteiger partial charge in [-0.1, -0.05) is 28.1 Å². The maximum Gasteiger partial charge on any atom is 0.250 e. The van der Waals surface area contributed by atoms with Gasteiger partial charge in [-0.3, -0.25) is 0 Å². The van der Waals surface area contributed by atoms with Crippen LogP contribution in [0.1, 0.15) is 43.6 Å². The molecule has 1 aromatic heterocycles. The van der Waals surface area contributed by atoms with Crippen LogP contribution in [0.25, 0.3) is 22.9 Å². The van der Waals surface area contributed by atoms with E-state index < -0.39 is 0 Å². The second kappa shape index (κ2) is 9.80. The van der Waals surface area contributed by atoms with Crippen LogP contribution in [0, 0.1) is 0 Å². The highest BCUT2D eigenvalue weighted by atomic mass is 79.9. The van der Waals surface area contributed by atoms with Gasteiger partial charge in [0, 0.05) is 42.8 Å². The second-order valence-corrected chi connectivity index (χ2v) is 10.7. The molecule has 2 aromatic carbocycles. The number of anilines is 1. The predicted molar refractivity (Wildman–Crippen MR) is 137 cm³/mol. The molecule has 0 radical (unpaired) electrons. The van der Waals surface area contributed by atoms with E-state index in [1.165, 1.54) is 24.9 Å². The number of rotatable bonds is 0. The molecular formula is C27H31BrN4O2. The van der Waals surface area contributed by atoms with Crippen LogP contribution in [-0.2, 0) is 4.74 Å². The number of ether oxygens (including phenoxy) is 1. The number of halogens is 1. The zero-order chi connectivity index (χ0) is 22.9. The molecule has 8 bridgehead atoms. The molecule has 7 rings (SSSR count). The van der Waals surface area contributed by atoms with Gasteiger partial charge in [-0.2, -0.15) is 0 Å². The number of hydrogen-bond donors (Lipinski definition) is 0. The Morgan fingerprint density at radius 2 is 1.74 bits per heavy atom. The SMILES string of the molecule is Brc1ccc2c(c1)N1CCC(CC1)OCCCN1CCCC(C1)c1cccc(c1)-c1nnc-2o1. The summed E-state index contributed by atoms with van der Waals surface area (Å²) >= 11 is 3.65. The molecule has 0 N–H and O–H groups in total. The fourth-order valence-corrected chi connectivity index (χ4v) is 6.00. The molecule has 2 atom stereocenters. The van der Waals surface area contributed by atoms with E-state index in [0.29, 0.717) is 23.8 Å². The Hall–Kier alpha value is -2.22. The van der Waals surface area contributed by atoms with E-state index in [2.05, 4.69) is 72.3 Å². The third kappa shape index (κ3) is 4.66. The third-order valence-corrected chi connectivity index (χ3v) is 7.97. The van der Waals surface area contributed by atoms with Gasteiger partial charge in [-0.25, -0.2) is 0 Å². The summed E-state index contributed by atoms with van der Waals surface area (Å²) in [6.45, 7) is 6.20. The first-order valence-electron chi connectivity index (χ1n) is 12.6. The monoisotopic (exact) mass is 522 g/mol. The molecule has 2 saturated heterocycles. The molecule has 0 saturated carbocycles. The highest BCUT2D eigenvalue weighted by molar-refractivity contribution is 9.10. The Morgan fingerprint density at radius 3 is 2.65 bits per heavy atom. The summed E-state index contributed by atoms with van der Waals surface area (Å²) in [5, 5.41) is 8.91. The van der Waals surface area contributed by atoms with E-state index in [4.69, 9.17) is 9.15 Å². The fraction of sp³-hybridized carbons (Fsp3) is 0.481. The molecule has 34 heavy (non-hydrogen) atoms. The minimum Gasteiger partial charge on any atom is -0.416 e. The van der Waals surface area contributed by atoms with Gasteiger partial charge in [0.25, 0.3) is 0 Å². The zero-order valence-electron chi connectivity index (χ0n) is 19.5. The lowest BCUT2D eigenvalue weighted by Crippen LogP contribution is -2.38. The van der Waals surface area contributed by atoms with Crippen molar-refractivity contribution in [2.75, 3.05) is 44.2 Å². The molecule has 0 amide bonds. The molecule has 178 valence electrons. The van der Waals surface area contributed by atoms with Crippen LogP contribution in [-0.4, -0.2) is 60.5 Å². The number of aromatic nitrogens is 2. The first-order valence-corrected chi connectivity index (χ1v) is 13.3. The highest BCUT2D eigenvalue weighted by Crippen LogP contribution is 2.36. The summed E-state index contributed by atoms with van der Waals surface area (Å²) in [6, 6.07) is 15.0. The van der Waals surface area contributed by atoms with Crippen molar-refractivity contribution in [1.82, 2.24) is 15.1 Å². The van der Waals surface area contributed by atoms with Crippen LogP contribution in [0.15, 0.2) is 51.4 Å². The van der Waals surface area contributed by atoms with E-state index in [-0.39, 0.29) is 0 Å². The van der Waals surface area contributed by atoms with E-state index in [0.717, 1.165) is 73.3 Å². The summed E-state index contributed by atoms with van der Waals surface area (Å²) in [7, 11) is 0. The van der Waals surface area contributed by atoms with Crippen molar-refractivity contribution in [2.45, 2.75) is 44.1 Å². The quantitative estimate of drug-likeness (QED) is 0.375. The maximum absolute atomic E-state index is 6.30. The van der Waals surface area contributed by atoms with Gasteiger partial charge in [0.2, 0.25) is 11.8 Å². The lowest BCUT2D eigenvalue weighted by atomic mass is 9.89. The minimum absolute atomic E-state index is 0.347. The normalized spacial score (nSPS) is 25.2. The van der Waals surface area contributed by atoms with Gasteiger partial charge >= 0.3 is 0 Å². The molecule has 6 nitrogen and oxygen atoms in total. The van der Waals surface area contributed by atoms with Crippen molar-refractivity contribution < 1.29 is 9.15 Å². The number of benzene rings is 2. The van der Waals surface area contributed by atoms with Crippen LogP contribution in [0.5, 0.6) is 0 Å². The average molecular weight is 523 g/mol. The molecule has 7 heteroatoms. The van der Waals surface area contributed by atoms with Crippen molar-refractivity contribution in [1.29, 1.82) is 0 Å². The Bertz CT molecular complexity index is 1140. The Balaban J connectivity index is 1.37. The summed E-state index contributed by atoms with van der Waals surface area (Å²) in [4.78, 5) is 5.04. The van der Waals surface area contributed by atoms with Crippen LogP contribution in [0.4, 0.5) is 5.69 Å². The second-order valence-electron chi connectivity index (χ2n) is 9.75. The number of piperidine rings is 2. The Labute approximate surface area is 209 Å². The summed E-state index contributed by atoms with van der Waals surface area (Å²) in [6.07, 6.45) is 6.00. The molecular weight excluding hydrogens is 492 g/mol. The first kappa shape index (κ1) is 22.3. The lowest BCUT2D eigenvalue weighted by molar-refractivity contribution is 0.0304. The van der Waals surface area contributed by atoms with E-state index in [1.54, 1.807) is 0 Å². The first-order chi connectivity index (χ1) is 16.7. The molecule has 5 heterocycles. The number of nitrogens with zero attached hydrogens (tertiary/aromatic N) is 4. The summed E-state index contributed by atoms with van der Waals surface area (Å²) in [5.74, 6) is 1.70. The van der Waals surface area contributed by atoms with Gasteiger partial charge in [0.15, 0.2) is 0 Å². The molecule has 0 aliphatic carbocycles. The smallest absolute Gasteiger partial charge is 0.250 e. The predicted octanol–water partition coefficient (Wildman–Crippen LogP) is 5.73. The molecule has 0 spiro atoms. The summed E-state index contributed by atoms with van der Waals surface area (Å²) < 4.78 is 13.6. The summed E-state index contributed by atoms with van der Waals surface area (Å²) in [5.41, 5.74) is 4.48. The van der Waals surface area contributed by atoms with Crippen molar-refractivity contribution in [3.63, 3.8) is 0 Å². The minimum atomic E-state index is 0.347. The number of fused-ring (bicyclic) bond motifs is 5. The van der Waals surface area contributed by atoms with Crippen LogP contribution < -0.4 is 4.90 Å². The van der Waals surface area contributed by atoms with Crippen molar-refractivity contribution in [2.24, 2.45) is 0 Å². The highest BCUT2D eigenvalue weighted by Gasteiger charge is 2.26. The Morgan fingerprint density at radius 1 is 0.882 bits per heavy atom. The lowest BCUT2D eigenvalue weighted by Gasteiger charge is -2.35. The van der Waals surface area contributed by atoms with E-state index in [1.807, 2.05) is 6.07 Å². The molecule has 2 unspecified atom stereocenters. The molecule has 2 fully saturated rings. The zero-order valence-corrected chi connectivity index (χ0v) is 21.0. The number of hydrogen-bond acceptors (Lipinski definition) is 6. The topological polar surface area (TPSA) is 54.6 Å². The maximum atomic E-state index is 6.30.